The summed E-state index contributed by atoms with van der Waals surface area (Å²) in [5.41, 5.74) is 0.263. The van der Waals surface area contributed by atoms with Crippen LogP contribution in [0.25, 0.3) is 0 Å². The third-order valence-corrected chi connectivity index (χ3v) is 2.18. The average molecular weight is 248 g/mol. The van der Waals surface area contributed by atoms with Crippen molar-refractivity contribution in [3.8, 4) is 0 Å². The van der Waals surface area contributed by atoms with Crippen LogP contribution in [0.4, 0.5) is 5.82 Å². The van der Waals surface area contributed by atoms with Crippen molar-refractivity contribution >= 4 is 11.7 Å². The Bertz CT molecular complexity index is 496. The summed E-state index contributed by atoms with van der Waals surface area (Å²) in [6, 6.07) is 3.28. The Balaban J connectivity index is 1.83. The van der Waals surface area contributed by atoms with Gasteiger partial charge in [-0.15, -0.1) is 10.2 Å². The molecule has 18 heavy (non-hydrogen) atoms. The topological polar surface area (TPSA) is 106 Å². The molecule has 8 heteroatoms. The minimum Gasteiger partial charge on any atom is -0.372 e. The molecule has 8 nitrogen and oxygen atoms in total. The lowest BCUT2D eigenvalue weighted by atomic mass is 10.3. The molecule has 0 unspecified atom stereocenters. The lowest BCUT2D eigenvalue weighted by molar-refractivity contribution is 0.0947. The van der Waals surface area contributed by atoms with Crippen molar-refractivity contribution in [1.82, 2.24) is 25.7 Å². The summed E-state index contributed by atoms with van der Waals surface area (Å²) in [5.74, 6) is 0.800. The number of hydrogen-bond acceptors (Lipinski definition) is 7. The van der Waals surface area contributed by atoms with E-state index in [1.54, 1.807) is 19.2 Å². The third-order valence-electron chi connectivity index (χ3n) is 2.18. The van der Waals surface area contributed by atoms with E-state index in [0.29, 0.717) is 24.7 Å². The van der Waals surface area contributed by atoms with Crippen LogP contribution in [0.3, 0.4) is 0 Å². The molecule has 2 heterocycles. The second-order valence-electron chi connectivity index (χ2n) is 3.39. The minimum atomic E-state index is -0.287. The summed E-state index contributed by atoms with van der Waals surface area (Å²) in [4.78, 5) is 15.5. The van der Waals surface area contributed by atoms with Gasteiger partial charge < -0.3 is 15.2 Å². The van der Waals surface area contributed by atoms with E-state index >= 15 is 0 Å². The molecule has 0 atom stereocenters. The van der Waals surface area contributed by atoms with Crippen molar-refractivity contribution < 1.29 is 9.32 Å². The molecular formula is C10H12N6O2. The van der Waals surface area contributed by atoms with E-state index in [1.807, 2.05) is 0 Å². The number of aromatic nitrogens is 4. The Labute approximate surface area is 103 Å². The molecule has 0 aliphatic rings. The Morgan fingerprint density at radius 1 is 1.39 bits per heavy atom. The third kappa shape index (κ3) is 3.00. The second kappa shape index (κ2) is 5.71. The minimum absolute atomic E-state index is 0.263. The van der Waals surface area contributed by atoms with Crippen molar-refractivity contribution in [1.29, 1.82) is 0 Å². The molecule has 0 saturated heterocycles. The summed E-state index contributed by atoms with van der Waals surface area (Å²) in [6.07, 6.45) is 1.80. The predicted molar refractivity (Wildman–Crippen MR) is 61.9 cm³/mol. The van der Waals surface area contributed by atoms with Gasteiger partial charge in [0.25, 0.3) is 5.91 Å². The quantitative estimate of drug-likeness (QED) is 0.759. The average Bonchev–Trinajstić information content (AvgIpc) is 2.92. The van der Waals surface area contributed by atoms with E-state index < -0.39 is 0 Å². The first-order valence-corrected chi connectivity index (χ1v) is 5.35. The molecule has 2 rings (SSSR count). The molecule has 0 aliphatic carbocycles. The maximum Gasteiger partial charge on any atom is 0.271 e. The van der Waals surface area contributed by atoms with E-state index in [4.69, 9.17) is 4.52 Å². The number of hydrogen-bond donors (Lipinski definition) is 2. The standard InChI is InChI=1S/C10H12N6O2/c1-11-8-3-2-7(15-16-8)10(17)12-5-4-9-13-6-14-18-9/h2-3,6H,4-5H2,1H3,(H,11,16)(H,12,17). The molecule has 0 bridgehead atoms. The fourth-order valence-electron chi connectivity index (χ4n) is 1.27. The van der Waals surface area contributed by atoms with Gasteiger partial charge in [0.05, 0.1) is 0 Å². The first kappa shape index (κ1) is 12.0. The van der Waals surface area contributed by atoms with Crippen molar-refractivity contribution in [3.05, 3.63) is 30.0 Å². The molecule has 0 aliphatic heterocycles. The van der Waals surface area contributed by atoms with Gasteiger partial charge in [0.2, 0.25) is 5.89 Å². The van der Waals surface area contributed by atoms with Gasteiger partial charge in [-0.05, 0) is 12.1 Å². The van der Waals surface area contributed by atoms with E-state index in [1.165, 1.54) is 6.33 Å². The zero-order chi connectivity index (χ0) is 12.8. The first-order chi connectivity index (χ1) is 8.79. The number of amides is 1. The van der Waals surface area contributed by atoms with Crippen LogP contribution in [0, 0.1) is 0 Å². The van der Waals surface area contributed by atoms with Crippen LogP contribution in [0.1, 0.15) is 16.4 Å². The van der Waals surface area contributed by atoms with Gasteiger partial charge in [-0.2, -0.15) is 4.98 Å². The number of anilines is 1. The molecule has 2 N–H and O–H groups in total. The maximum atomic E-state index is 11.7. The Morgan fingerprint density at radius 3 is 2.89 bits per heavy atom. The molecular weight excluding hydrogens is 236 g/mol. The highest BCUT2D eigenvalue weighted by Crippen LogP contribution is 2.00. The van der Waals surface area contributed by atoms with Crippen molar-refractivity contribution in [2.24, 2.45) is 0 Å². The normalized spacial score (nSPS) is 10.1. The number of nitrogens with zero attached hydrogens (tertiary/aromatic N) is 4. The largest absolute Gasteiger partial charge is 0.372 e. The fourth-order valence-corrected chi connectivity index (χ4v) is 1.27. The number of rotatable bonds is 5. The van der Waals surface area contributed by atoms with Crippen LogP contribution in [0.15, 0.2) is 23.0 Å². The van der Waals surface area contributed by atoms with Gasteiger partial charge in [0.15, 0.2) is 12.0 Å². The Morgan fingerprint density at radius 2 is 2.28 bits per heavy atom. The van der Waals surface area contributed by atoms with E-state index in [-0.39, 0.29) is 11.6 Å². The predicted octanol–water partition coefficient (Wildman–Crippen LogP) is -0.126. The number of nitrogens with one attached hydrogen (secondary N) is 2. The van der Waals surface area contributed by atoms with Crippen molar-refractivity contribution in [2.75, 3.05) is 18.9 Å². The van der Waals surface area contributed by atoms with Gasteiger partial charge in [-0.25, -0.2) is 0 Å². The monoisotopic (exact) mass is 248 g/mol. The number of carbonyl (C=O) groups excluding carboxylic acids is 1. The molecule has 94 valence electrons. The van der Waals surface area contributed by atoms with Crippen LogP contribution in [0.5, 0.6) is 0 Å². The van der Waals surface area contributed by atoms with E-state index in [2.05, 4.69) is 31.0 Å². The molecule has 0 aromatic carbocycles. The molecule has 2 aromatic rings. The van der Waals surface area contributed by atoms with Crippen LogP contribution < -0.4 is 10.6 Å². The molecule has 0 saturated carbocycles. The van der Waals surface area contributed by atoms with Crippen LogP contribution >= 0.6 is 0 Å². The lowest BCUT2D eigenvalue weighted by Crippen LogP contribution is -2.26. The summed E-state index contributed by atoms with van der Waals surface area (Å²) < 4.78 is 4.80. The summed E-state index contributed by atoms with van der Waals surface area (Å²) in [7, 11) is 1.73. The molecule has 1 amide bonds. The van der Waals surface area contributed by atoms with Gasteiger partial charge >= 0.3 is 0 Å². The smallest absolute Gasteiger partial charge is 0.271 e. The molecule has 0 fully saturated rings. The molecule has 2 aromatic heterocycles. The molecule has 0 radical (unpaired) electrons. The Kier molecular flexibility index (Phi) is 3.79. The highest BCUT2D eigenvalue weighted by Gasteiger charge is 2.08. The summed E-state index contributed by atoms with van der Waals surface area (Å²) >= 11 is 0. The van der Waals surface area contributed by atoms with Crippen LogP contribution in [-0.4, -0.2) is 39.8 Å². The Hall–Kier alpha value is -2.51. The lowest BCUT2D eigenvalue weighted by Gasteiger charge is -2.03. The maximum absolute atomic E-state index is 11.7. The van der Waals surface area contributed by atoms with Gasteiger partial charge in [-0.1, -0.05) is 5.16 Å². The fraction of sp³-hybridized carbons (Fsp3) is 0.300. The van der Waals surface area contributed by atoms with Crippen molar-refractivity contribution in [3.63, 3.8) is 0 Å². The highest BCUT2D eigenvalue weighted by molar-refractivity contribution is 5.92. The number of carbonyl (C=O) groups is 1. The van der Waals surface area contributed by atoms with Gasteiger partial charge in [0.1, 0.15) is 5.82 Å². The summed E-state index contributed by atoms with van der Waals surface area (Å²) in [5, 5.41) is 16.6. The second-order valence-corrected chi connectivity index (χ2v) is 3.39. The SMILES string of the molecule is CNc1ccc(C(=O)NCCc2ncno2)nn1. The molecule has 0 spiro atoms. The van der Waals surface area contributed by atoms with E-state index in [9.17, 15) is 4.79 Å². The van der Waals surface area contributed by atoms with Crippen molar-refractivity contribution in [2.45, 2.75) is 6.42 Å². The van der Waals surface area contributed by atoms with Crippen LogP contribution in [-0.2, 0) is 6.42 Å². The van der Waals surface area contributed by atoms with E-state index in [0.717, 1.165) is 0 Å². The zero-order valence-corrected chi connectivity index (χ0v) is 9.75. The van der Waals surface area contributed by atoms with Gasteiger partial charge in [-0.3, -0.25) is 4.79 Å². The first-order valence-electron chi connectivity index (χ1n) is 5.35. The van der Waals surface area contributed by atoms with Crippen LogP contribution in [0.2, 0.25) is 0 Å². The highest BCUT2D eigenvalue weighted by atomic mass is 16.5. The van der Waals surface area contributed by atoms with Gasteiger partial charge in [0, 0.05) is 20.0 Å². The summed E-state index contributed by atoms with van der Waals surface area (Å²) in [6.45, 7) is 0.399. The zero-order valence-electron chi connectivity index (χ0n) is 9.75.